The maximum Gasteiger partial charge on any atom is 0.251 e. The lowest BCUT2D eigenvalue weighted by atomic mass is 10.0. The van der Waals surface area contributed by atoms with Crippen LogP contribution in [0.3, 0.4) is 0 Å². The van der Waals surface area contributed by atoms with Crippen LogP contribution in [0.5, 0.6) is 0 Å². The minimum atomic E-state index is -0.0228. The normalized spacial score (nSPS) is 15.6. The maximum atomic E-state index is 12.0. The van der Waals surface area contributed by atoms with Crippen LogP contribution in [-0.2, 0) is 6.54 Å². The van der Waals surface area contributed by atoms with Crippen molar-refractivity contribution < 1.29 is 4.79 Å². The molecule has 0 radical (unpaired) electrons. The molecular weight excluding hydrogens is 282 g/mol. The first-order valence-corrected chi connectivity index (χ1v) is 7.46. The second-order valence-electron chi connectivity index (χ2n) is 4.51. The highest BCUT2D eigenvalue weighted by atomic mass is 35.5. The van der Waals surface area contributed by atoms with Gasteiger partial charge in [-0.3, -0.25) is 9.78 Å². The van der Waals surface area contributed by atoms with Crippen molar-refractivity contribution in [3.05, 3.63) is 29.6 Å². The van der Waals surface area contributed by atoms with E-state index in [9.17, 15) is 4.79 Å². The lowest BCUT2D eigenvalue weighted by molar-refractivity contribution is 0.0946. The van der Waals surface area contributed by atoms with Gasteiger partial charge in [0, 0.05) is 24.8 Å². The number of halogens is 1. The van der Waals surface area contributed by atoms with Crippen molar-refractivity contribution in [1.82, 2.24) is 10.3 Å². The summed E-state index contributed by atoms with van der Waals surface area (Å²) in [5.41, 5.74) is 6.91. The van der Waals surface area contributed by atoms with Gasteiger partial charge in [0.25, 0.3) is 5.91 Å². The molecule has 1 aromatic rings. The number of thioether (sulfide) groups is 1. The van der Waals surface area contributed by atoms with Crippen LogP contribution in [0.2, 0.25) is 0 Å². The Kier molecular flexibility index (Phi) is 7.20. The molecule has 0 spiro atoms. The first-order valence-electron chi connectivity index (χ1n) is 6.30. The quantitative estimate of drug-likeness (QED) is 0.890. The zero-order valence-corrected chi connectivity index (χ0v) is 12.4. The Hall–Kier alpha value is -0.780. The molecule has 19 heavy (non-hydrogen) atoms. The molecule has 1 fully saturated rings. The topological polar surface area (TPSA) is 68.0 Å². The standard InChI is InChI=1S/C13H19N3OS.ClH/c14-8-12-7-11(1-4-15-12)13(17)16-9-10-2-5-18-6-3-10;/h1,4,7,10H,2-3,5-6,8-9,14H2,(H,16,17);1H. The van der Waals surface area contributed by atoms with E-state index in [1.165, 1.54) is 24.3 Å². The van der Waals surface area contributed by atoms with E-state index in [1.54, 1.807) is 18.3 Å². The van der Waals surface area contributed by atoms with E-state index in [4.69, 9.17) is 5.73 Å². The van der Waals surface area contributed by atoms with Crippen LogP contribution in [0.1, 0.15) is 28.9 Å². The molecule has 0 aliphatic carbocycles. The van der Waals surface area contributed by atoms with E-state index in [0.717, 1.165) is 12.2 Å². The number of hydrogen-bond donors (Lipinski definition) is 2. The highest BCUT2D eigenvalue weighted by molar-refractivity contribution is 7.99. The average molecular weight is 302 g/mol. The third-order valence-corrected chi connectivity index (χ3v) is 4.23. The van der Waals surface area contributed by atoms with Crippen molar-refractivity contribution in [2.24, 2.45) is 11.7 Å². The summed E-state index contributed by atoms with van der Waals surface area (Å²) in [5, 5.41) is 3.00. The molecule has 3 N–H and O–H groups in total. The number of aromatic nitrogens is 1. The molecule has 1 aromatic heterocycles. The molecule has 0 saturated carbocycles. The van der Waals surface area contributed by atoms with Gasteiger partial charge in [-0.15, -0.1) is 12.4 Å². The van der Waals surface area contributed by atoms with E-state index < -0.39 is 0 Å². The van der Waals surface area contributed by atoms with Gasteiger partial charge in [-0.25, -0.2) is 0 Å². The monoisotopic (exact) mass is 301 g/mol. The molecule has 0 aromatic carbocycles. The SMILES string of the molecule is Cl.NCc1cc(C(=O)NCC2CCSCC2)ccn1. The zero-order chi connectivity index (χ0) is 12.8. The van der Waals surface area contributed by atoms with Gasteiger partial charge in [-0.1, -0.05) is 0 Å². The summed E-state index contributed by atoms with van der Waals surface area (Å²) in [6.07, 6.45) is 4.04. The van der Waals surface area contributed by atoms with Gasteiger partial charge in [-0.2, -0.15) is 11.8 Å². The largest absolute Gasteiger partial charge is 0.352 e. The summed E-state index contributed by atoms with van der Waals surface area (Å²) in [6.45, 7) is 1.14. The number of hydrogen-bond acceptors (Lipinski definition) is 4. The minimum absolute atomic E-state index is 0. The third kappa shape index (κ3) is 5.01. The first kappa shape index (κ1) is 16.3. The van der Waals surface area contributed by atoms with Crippen LogP contribution >= 0.6 is 24.2 Å². The molecule has 6 heteroatoms. The summed E-state index contributed by atoms with van der Waals surface area (Å²) in [4.78, 5) is 16.1. The van der Waals surface area contributed by atoms with Crippen LogP contribution < -0.4 is 11.1 Å². The van der Waals surface area contributed by atoms with Gasteiger partial charge >= 0.3 is 0 Å². The molecular formula is C13H20ClN3OS. The summed E-state index contributed by atoms with van der Waals surface area (Å²) in [6, 6.07) is 3.48. The molecule has 1 aliphatic rings. The Morgan fingerprint density at radius 2 is 2.21 bits per heavy atom. The van der Waals surface area contributed by atoms with Gasteiger partial charge in [0.15, 0.2) is 0 Å². The fourth-order valence-electron chi connectivity index (χ4n) is 2.02. The number of amides is 1. The van der Waals surface area contributed by atoms with Gasteiger partial charge in [0.1, 0.15) is 0 Å². The Morgan fingerprint density at radius 3 is 2.89 bits per heavy atom. The number of carbonyl (C=O) groups excluding carboxylic acids is 1. The van der Waals surface area contributed by atoms with Crippen molar-refractivity contribution >= 4 is 30.1 Å². The Bertz CT molecular complexity index is 411. The lowest BCUT2D eigenvalue weighted by Crippen LogP contribution is -2.31. The predicted molar refractivity (Wildman–Crippen MR) is 81.8 cm³/mol. The van der Waals surface area contributed by atoms with Crippen molar-refractivity contribution in [2.75, 3.05) is 18.1 Å². The molecule has 1 amide bonds. The molecule has 1 saturated heterocycles. The minimum Gasteiger partial charge on any atom is -0.352 e. The second kappa shape index (κ2) is 8.40. The maximum absolute atomic E-state index is 12.0. The van der Waals surface area contributed by atoms with Crippen molar-refractivity contribution in [3.8, 4) is 0 Å². The van der Waals surface area contributed by atoms with E-state index >= 15 is 0 Å². The van der Waals surface area contributed by atoms with Crippen LogP contribution in [0.25, 0.3) is 0 Å². The molecule has 0 unspecified atom stereocenters. The van der Waals surface area contributed by atoms with Crippen LogP contribution in [0, 0.1) is 5.92 Å². The van der Waals surface area contributed by atoms with Gasteiger partial charge < -0.3 is 11.1 Å². The fourth-order valence-corrected chi connectivity index (χ4v) is 3.22. The lowest BCUT2D eigenvalue weighted by Gasteiger charge is -2.21. The Labute approximate surface area is 124 Å². The summed E-state index contributed by atoms with van der Waals surface area (Å²) in [7, 11) is 0. The second-order valence-corrected chi connectivity index (χ2v) is 5.73. The number of nitrogens with two attached hydrogens (primary N) is 1. The zero-order valence-electron chi connectivity index (χ0n) is 10.8. The molecule has 1 aliphatic heterocycles. The van der Waals surface area contributed by atoms with Gasteiger partial charge in [0.2, 0.25) is 0 Å². The fraction of sp³-hybridized carbons (Fsp3) is 0.538. The van der Waals surface area contributed by atoms with Gasteiger partial charge in [0.05, 0.1) is 5.69 Å². The summed E-state index contributed by atoms with van der Waals surface area (Å²) < 4.78 is 0. The molecule has 0 bridgehead atoms. The van der Waals surface area contributed by atoms with Crippen molar-refractivity contribution in [2.45, 2.75) is 19.4 Å². The highest BCUT2D eigenvalue weighted by Gasteiger charge is 2.15. The molecule has 0 atom stereocenters. The number of pyridine rings is 1. The Morgan fingerprint density at radius 1 is 1.47 bits per heavy atom. The highest BCUT2D eigenvalue weighted by Crippen LogP contribution is 2.21. The van der Waals surface area contributed by atoms with Gasteiger partial charge in [-0.05, 0) is 42.4 Å². The molecule has 106 valence electrons. The number of rotatable bonds is 4. The first-order chi connectivity index (χ1) is 8.79. The summed E-state index contributed by atoms with van der Waals surface area (Å²) in [5.74, 6) is 3.04. The molecule has 4 nitrogen and oxygen atoms in total. The van der Waals surface area contributed by atoms with Crippen molar-refractivity contribution in [1.29, 1.82) is 0 Å². The number of nitrogens with zero attached hydrogens (tertiary/aromatic N) is 1. The predicted octanol–water partition coefficient (Wildman–Crippen LogP) is 1.84. The smallest absolute Gasteiger partial charge is 0.251 e. The van der Waals surface area contributed by atoms with E-state index in [-0.39, 0.29) is 18.3 Å². The molecule has 2 rings (SSSR count). The van der Waals surface area contributed by atoms with E-state index in [0.29, 0.717) is 18.0 Å². The molecule has 2 heterocycles. The average Bonchev–Trinajstić information content (AvgIpc) is 2.46. The van der Waals surface area contributed by atoms with E-state index in [2.05, 4.69) is 10.3 Å². The van der Waals surface area contributed by atoms with Crippen LogP contribution in [0.15, 0.2) is 18.3 Å². The third-order valence-electron chi connectivity index (χ3n) is 3.18. The number of nitrogens with one attached hydrogen (secondary N) is 1. The Balaban J connectivity index is 0.00000180. The van der Waals surface area contributed by atoms with Crippen molar-refractivity contribution in [3.63, 3.8) is 0 Å². The summed E-state index contributed by atoms with van der Waals surface area (Å²) >= 11 is 2.00. The van der Waals surface area contributed by atoms with Crippen LogP contribution in [0.4, 0.5) is 0 Å². The van der Waals surface area contributed by atoms with Crippen LogP contribution in [-0.4, -0.2) is 28.9 Å². The van der Waals surface area contributed by atoms with E-state index in [1.807, 2.05) is 11.8 Å². The number of carbonyl (C=O) groups is 1.